The van der Waals surface area contributed by atoms with Crippen LogP contribution < -0.4 is 5.73 Å². The highest BCUT2D eigenvalue weighted by atomic mass is 35.5. The third-order valence-corrected chi connectivity index (χ3v) is 3.05. The van der Waals surface area contributed by atoms with Crippen LogP contribution in [-0.4, -0.2) is 37.6 Å². The first-order chi connectivity index (χ1) is 8.45. The number of likely N-dealkylation sites (N-methyl/N-ethyl adjacent to an activating group) is 1. The van der Waals surface area contributed by atoms with Crippen LogP contribution >= 0.6 is 23.2 Å². The molecule has 0 aromatic heterocycles. The summed E-state index contributed by atoms with van der Waals surface area (Å²) in [6.45, 7) is 0.573. The van der Waals surface area contributed by atoms with Crippen LogP contribution in [0.3, 0.4) is 0 Å². The first-order valence-electron chi connectivity index (χ1n) is 5.39. The highest BCUT2D eigenvalue weighted by Crippen LogP contribution is 2.22. The molecule has 0 radical (unpaired) electrons. The lowest BCUT2D eigenvalue weighted by Gasteiger charge is -2.21. The van der Waals surface area contributed by atoms with E-state index in [4.69, 9.17) is 33.7 Å². The second kappa shape index (κ2) is 6.95. The van der Waals surface area contributed by atoms with E-state index in [1.54, 1.807) is 25.2 Å². The van der Waals surface area contributed by atoms with Crippen molar-refractivity contribution in [1.29, 1.82) is 0 Å². The number of carbonyl (C=O) groups excluding carboxylic acids is 1. The van der Waals surface area contributed by atoms with Crippen molar-refractivity contribution in [3.8, 4) is 0 Å². The quantitative estimate of drug-likeness (QED) is 0.901. The summed E-state index contributed by atoms with van der Waals surface area (Å²) in [5.74, 6) is -0.192. The van der Waals surface area contributed by atoms with E-state index in [1.165, 1.54) is 12.0 Å². The van der Waals surface area contributed by atoms with Crippen molar-refractivity contribution in [3.05, 3.63) is 33.8 Å². The third kappa shape index (κ3) is 4.14. The first kappa shape index (κ1) is 15.2. The van der Waals surface area contributed by atoms with Gasteiger partial charge in [0, 0.05) is 30.7 Å². The van der Waals surface area contributed by atoms with Crippen molar-refractivity contribution in [2.24, 2.45) is 5.73 Å². The van der Waals surface area contributed by atoms with Gasteiger partial charge in [-0.2, -0.15) is 0 Å². The maximum atomic E-state index is 11.9. The second-order valence-corrected chi connectivity index (χ2v) is 4.84. The SMILES string of the molecule is COCC(N)C(=O)N(C)Cc1ccc(Cl)cc1Cl. The molecule has 18 heavy (non-hydrogen) atoms. The molecule has 1 aromatic rings. The number of ether oxygens (including phenoxy) is 1. The van der Waals surface area contributed by atoms with Crippen LogP contribution in [0.4, 0.5) is 0 Å². The lowest BCUT2D eigenvalue weighted by Crippen LogP contribution is -2.44. The first-order valence-corrected chi connectivity index (χ1v) is 6.14. The minimum Gasteiger partial charge on any atom is -0.383 e. The van der Waals surface area contributed by atoms with Gasteiger partial charge in [-0.1, -0.05) is 29.3 Å². The molecule has 0 aliphatic heterocycles. The fourth-order valence-electron chi connectivity index (χ4n) is 1.52. The Hall–Kier alpha value is -0.810. The summed E-state index contributed by atoms with van der Waals surface area (Å²) in [4.78, 5) is 13.4. The van der Waals surface area contributed by atoms with Crippen LogP contribution in [-0.2, 0) is 16.1 Å². The fourth-order valence-corrected chi connectivity index (χ4v) is 1.99. The third-order valence-electron chi connectivity index (χ3n) is 2.46. The van der Waals surface area contributed by atoms with Crippen LogP contribution in [0.2, 0.25) is 10.0 Å². The van der Waals surface area contributed by atoms with Gasteiger partial charge in [0.25, 0.3) is 0 Å². The zero-order chi connectivity index (χ0) is 13.7. The van der Waals surface area contributed by atoms with Crippen LogP contribution in [0.5, 0.6) is 0 Å². The number of nitrogens with zero attached hydrogens (tertiary/aromatic N) is 1. The molecule has 0 aliphatic rings. The number of halogens is 2. The number of amides is 1. The molecule has 100 valence electrons. The molecule has 4 nitrogen and oxygen atoms in total. The van der Waals surface area contributed by atoms with Crippen molar-refractivity contribution in [2.45, 2.75) is 12.6 Å². The Balaban J connectivity index is 2.69. The maximum Gasteiger partial charge on any atom is 0.241 e. The Morgan fingerprint density at radius 1 is 1.50 bits per heavy atom. The van der Waals surface area contributed by atoms with Gasteiger partial charge < -0.3 is 15.4 Å². The van der Waals surface area contributed by atoms with Gasteiger partial charge in [0.2, 0.25) is 5.91 Å². The molecule has 0 aliphatic carbocycles. The van der Waals surface area contributed by atoms with Crippen molar-refractivity contribution < 1.29 is 9.53 Å². The monoisotopic (exact) mass is 290 g/mol. The zero-order valence-electron chi connectivity index (χ0n) is 10.3. The minimum atomic E-state index is -0.661. The Labute approximate surface area is 117 Å². The van der Waals surface area contributed by atoms with Crippen molar-refractivity contribution in [1.82, 2.24) is 4.90 Å². The molecule has 1 atom stereocenters. The van der Waals surface area contributed by atoms with Crippen molar-refractivity contribution in [3.63, 3.8) is 0 Å². The van der Waals surface area contributed by atoms with Gasteiger partial charge in [-0.25, -0.2) is 0 Å². The summed E-state index contributed by atoms with van der Waals surface area (Å²) >= 11 is 11.8. The molecule has 6 heteroatoms. The normalized spacial score (nSPS) is 12.3. The summed E-state index contributed by atoms with van der Waals surface area (Å²) in [5, 5.41) is 1.09. The van der Waals surface area contributed by atoms with Gasteiger partial charge in [-0.3, -0.25) is 4.79 Å². The predicted octanol–water partition coefficient (Wildman–Crippen LogP) is 1.93. The number of nitrogens with two attached hydrogens (primary N) is 1. The number of methoxy groups -OCH3 is 1. The molecule has 2 N–H and O–H groups in total. The molecular formula is C12H16Cl2N2O2. The maximum absolute atomic E-state index is 11.9. The standard InChI is InChI=1S/C12H16Cl2N2O2/c1-16(12(17)11(15)7-18-2)6-8-3-4-9(13)5-10(8)14/h3-5,11H,6-7,15H2,1-2H3. The summed E-state index contributed by atoms with van der Waals surface area (Å²) in [7, 11) is 3.17. The summed E-state index contributed by atoms with van der Waals surface area (Å²) in [5.41, 5.74) is 6.50. The van der Waals surface area contributed by atoms with Gasteiger partial charge in [0.15, 0.2) is 0 Å². The largest absolute Gasteiger partial charge is 0.383 e. The second-order valence-electron chi connectivity index (χ2n) is 3.99. The zero-order valence-corrected chi connectivity index (χ0v) is 11.8. The molecule has 1 unspecified atom stereocenters. The molecule has 1 rings (SSSR count). The van der Waals surface area contributed by atoms with Gasteiger partial charge in [0.05, 0.1) is 6.61 Å². The summed E-state index contributed by atoms with van der Waals surface area (Å²) in [6.07, 6.45) is 0. The lowest BCUT2D eigenvalue weighted by atomic mass is 10.2. The Bertz CT molecular complexity index is 427. The van der Waals surface area contributed by atoms with Crippen molar-refractivity contribution in [2.75, 3.05) is 20.8 Å². The number of benzene rings is 1. The summed E-state index contributed by atoms with van der Waals surface area (Å²) < 4.78 is 4.85. The Morgan fingerprint density at radius 2 is 2.17 bits per heavy atom. The van der Waals surface area contributed by atoms with Gasteiger partial charge in [-0.05, 0) is 17.7 Å². The van der Waals surface area contributed by atoms with E-state index in [0.29, 0.717) is 16.6 Å². The van der Waals surface area contributed by atoms with E-state index < -0.39 is 6.04 Å². The average Bonchev–Trinajstić information content (AvgIpc) is 2.32. The van der Waals surface area contributed by atoms with Gasteiger partial charge >= 0.3 is 0 Å². The lowest BCUT2D eigenvalue weighted by molar-refractivity contribution is -0.132. The summed E-state index contributed by atoms with van der Waals surface area (Å²) in [6, 6.07) is 4.50. The molecule has 0 saturated carbocycles. The number of carbonyl (C=O) groups is 1. The molecule has 0 saturated heterocycles. The number of hydrogen-bond donors (Lipinski definition) is 1. The van der Waals surface area contributed by atoms with Crippen LogP contribution in [0, 0.1) is 0 Å². The Kier molecular flexibility index (Phi) is 5.88. The molecule has 0 fully saturated rings. The van der Waals surface area contributed by atoms with Crippen LogP contribution in [0.1, 0.15) is 5.56 Å². The molecule has 0 heterocycles. The van der Waals surface area contributed by atoms with Crippen LogP contribution in [0.15, 0.2) is 18.2 Å². The molecular weight excluding hydrogens is 275 g/mol. The van der Waals surface area contributed by atoms with E-state index >= 15 is 0 Å². The number of hydrogen-bond acceptors (Lipinski definition) is 3. The molecule has 0 spiro atoms. The minimum absolute atomic E-state index is 0.192. The van der Waals surface area contributed by atoms with Gasteiger partial charge in [-0.15, -0.1) is 0 Å². The molecule has 1 amide bonds. The molecule has 1 aromatic carbocycles. The van der Waals surface area contributed by atoms with E-state index in [2.05, 4.69) is 0 Å². The average molecular weight is 291 g/mol. The van der Waals surface area contributed by atoms with Gasteiger partial charge in [0.1, 0.15) is 6.04 Å². The molecule has 0 bridgehead atoms. The van der Waals surface area contributed by atoms with E-state index in [0.717, 1.165) is 5.56 Å². The Morgan fingerprint density at radius 3 is 2.72 bits per heavy atom. The van der Waals surface area contributed by atoms with E-state index in [1.807, 2.05) is 0 Å². The van der Waals surface area contributed by atoms with E-state index in [-0.39, 0.29) is 12.5 Å². The van der Waals surface area contributed by atoms with E-state index in [9.17, 15) is 4.79 Å². The topological polar surface area (TPSA) is 55.6 Å². The highest BCUT2D eigenvalue weighted by molar-refractivity contribution is 6.35. The smallest absolute Gasteiger partial charge is 0.241 e. The van der Waals surface area contributed by atoms with Crippen molar-refractivity contribution >= 4 is 29.1 Å². The van der Waals surface area contributed by atoms with Crippen LogP contribution in [0.25, 0.3) is 0 Å². The highest BCUT2D eigenvalue weighted by Gasteiger charge is 2.18. The fraction of sp³-hybridized carbons (Fsp3) is 0.417. The number of rotatable bonds is 5. The predicted molar refractivity (Wildman–Crippen MR) is 72.8 cm³/mol.